The number of rotatable bonds is 8. The molecule has 0 unspecified atom stereocenters. The molecule has 148 valence electrons. The van der Waals surface area contributed by atoms with Crippen LogP contribution in [0.3, 0.4) is 0 Å². The van der Waals surface area contributed by atoms with Crippen LogP contribution in [0.4, 0.5) is 0 Å². The highest BCUT2D eigenvalue weighted by Gasteiger charge is 2.19. The summed E-state index contributed by atoms with van der Waals surface area (Å²) in [5, 5.41) is 0. The molecule has 0 bridgehead atoms. The fourth-order valence-corrected chi connectivity index (χ4v) is 2.78. The van der Waals surface area contributed by atoms with Crippen LogP contribution in [-0.2, 0) is 11.2 Å². The zero-order valence-electron chi connectivity index (χ0n) is 16.2. The first-order valence-electron chi connectivity index (χ1n) is 9.43. The quantitative estimate of drug-likeness (QED) is 0.412. The molecule has 0 saturated heterocycles. The van der Waals surface area contributed by atoms with Gasteiger partial charge < -0.3 is 14.2 Å². The topological polar surface area (TPSA) is 61.8 Å². The number of para-hydroxylation sites is 2. The molecule has 0 fully saturated rings. The summed E-state index contributed by atoms with van der Waals surface area (Å²) < 4.78 is 16.3. The molecule has 0 aliphatic carbocycles. The molecular weight excluding hydrogens is 368 g/mol. The van der Waals surface area contributed by atoms with Gasteiger partial charge in [-0.2, -0.15) is 0 Å². The molecule has 0 saturated carbocycles. The van der Waals surface area contributed by atoms with E-state index in [0.29, 0.717) is 24.3 Å². The van der Waals surface area contributed by atoms with Gasteiger partial charge in [-0.25, -0.2) is 9.59 Å². The van der Waals surface area contributed by atoms with Crippen molar-refractivity contribution in [1.29, 1.82) is 0 Å². The van der Waals surface area contributed by atoms with Crippen molar-refractivity contribution >= 4 is 11.9 Å². The monoisotopic (exact) mass is 390 g/mol. The van der Waals surface area contributed by atoms with Crippen molar-refractivity contribution in [3.05, 3.63) is 95.6 Å². The van der Waals surface area contributed by atoms with Crippen LogP contribution in [0.5, 0.6) is 11.5 Å². The normalized spacial score (nSPS) is 10.2. The Balaban J connectivity index is 1.68. The summed E-state index contributed by atoms with van der Waals surface area (Å²) in [6, 6.07) is 23.1. The molecule has 5 nitrogen and oxygen atoms in total. The van der Waals surface area contributed by atoms with E-state index in [2.05, 4.69) is 0 Å². The molecule has 3 aromatic rings. The Hall–Kier alpha value is -3.60. The van der Waals surface area contributed by atoms with Crippen molar-refractivity contribution in [2.75, 3.05) is 13.2 Å². The summed E-state index contributed by atoms with van der Waals surface area (Å²) in [7, 11) is 0. The highest BCUT2D eigenvalue weighted by atomic mass is 16.6. The van der Waals surface area contributed by atoms with Gasteiger partial charge in [-0.3, -0.25) is 0 Å². The molecule has 0 radical (unpaired) electrons. The Morgan fingerprint density at radius 2 is 1.31 bits per heavy atom. The van der Waals surface area contributed by atoms with E-state index in [9.17, 15) is 9.59 Å². The second kappa shape index (κ2) is 10.1. The van der Waals surface area contributed by atoms with Crippen molar-refractivity contribution in [3.8, 4) is 11.5 Å². The SMILES string of the molecule is CCOc1ccccc1C(=O)Oc1ccccc1C(=O)OCCc1ccccc1. The summed E-state index contributed by atoms with van der Waals surface area (Å²) in [5.41, 5.74) is 1.57. The van der Waals surface area contributed by atoms with E-state index in [1.165, 1.54) is 0 Å². The molecule has 0 spiro atoms. The zero-order valence-corrected chi connectivity index (χ0v) is 16.2. The average Bonchev–Trinajstić information content (AvgIpc) is 2.75. The minimum Gasteiger partial charge on any atom is -0.493 e. The maximum absolute atomic E-state index is 12.6. The molecule has 3 aromatic carbocycles. The molecule has 0 amide bonds. The average molecular weight is 390 g/mol. The predicted octanol–water partition coefficient (Wildman–Crippen LogP) is 4.70. The lowest BCUT2D eigenvalue weighted by Crippen LogP contribution is -2.15. The second-order valence-corrected chi connectivity index (χ2v) is 6.19. The standard InChI is InChI=1S/C24H22O5/c1-2-27-21-14-8-6-12-19(21)24(26)29-22-15-9-7-13-20(22)23(25)28-17-16-18-10-4-3-5-11-18/h3-15H,2,16-17H2,1H3. The zero-order chi connectivity index (χ0) is 20.5. The van der Waals surface area contributed by atoms with Gasteiger partial charge in [-0.05, 0) is 36.8 Å². The third-order valence-corrected chi connectivity index (χ3v) is 4.18. The van der Waals surface area contributed by atoms with Crippen LogP contribution in [0.15, 0.2) is 78.9 Å². The van der Waals surface area contributed by atoms with Crippen molar-refractivity contribution in [2.24, 2.45) is 0 Å². The van der Waals surface area contributed by atoms with Crippen LogP contribution >= 0.6 is 0 Å². The number of carbonyl (C=O) groups is 2. The molecule has 5 heteroatoms. The van der Waals surface area contributed by atoms with Crippen LogP contribution in [0.25, 0.3) is 0 Å². The third kappa shape index (κ3) is 5.45. The molecule has 0 atom stereocenters. The summed E-state index contributed by atoms with van der Waals surface area (Å²) in [6.07, 6.45) is 0.607. The largest absolute Gasteiger partial charge is 0.493 e. The number of benzene rings is 3. The minimum atomic E-state index is -0.599. The number of ether oxygens (including phenoxy) is 3. The first kappa shape index (κ1) is 20.1. The Labute approximate surface area is 169 Å². The van der Waals surface area contributed by atoms with Gasteiger partial charge in [0.15, 0.2) is 0 Å². The van der Waals surface area contributed by atoms with E-state index >= 15 is 0 Å². The number of hydrogen-bond acceptors (Lipinski definition) is 5. The van der Waals surface area contributed by atoms with E-state index in [0.717, 1.165) is 5.56 Å². The van der Waals surface area contributed by atoms with Crippen LogP contribution in [0, 0.1) is 0 Å². The first-order chi connectivity index (χ1) is 14.2. The van der Waals surface area contributed by atoms with E-state index in [1.807, 2.05) is 37.3 Å². The fraction of sp³-hybridized carbons (Fsp3) is 0.167. The molecule has 29 heavy (non-hydrogen) atoms. The lowest BCUT2D eigenvalue weighted by Gasteiger charge is -2.12. The fourth-order valence-electron chi connectivity index (χ4n) is 2.78. The predicted molar refractivity (Wildman–Crippen MR) is 109 cm³/mol. The van der Waals surface area contributed by atoms with E-state index in [-0.39, 0.29) is 17.9 Å². The lowest BCUT2D eigenvalue weighted by atomic mass is 10.1. The van der Waals surface area contributed by atoms with Gasteiger partial charge in [0.1, 0.15) is 22.6 Å². The van der Waals surface area contributed by atoms with Crippen LogP contribution in [0.2, 0.25) is 0 Å². The maximum Gasteiger partial charge on any atom is 0.347 e. The van der Waals surface area contributed by atoms with Crippen molar-refractivity contribution in [1.82, 2.24) is 0 Å². The van der Waals surface area contributed by atoms with E-state index in [1.54, 1.807) is 48.5 Å². The first-order valence-corrected chi connectivity index (χ1v) is 9.43. The highest BCUT2D eigenvalue weighted by molar-refractivity contribution is 5.97. The Morgan fingerprint density at radius 1 is 0.724 bits per heavy atom. The molecule has 0 N–H and O–H groups in total. The number of hydrogen-bond donors (Lipinski definition) is 0. The molecule has 3 rings (SSSR count). The van der Waals surface area contributed by atoms with E-state index in [4.69, 9.17) is 14.2 Å². The van der Waals surface area contributed by atoms with Gasteiger partial charge in [0.2, 0.25) is 0 Å². The van der Waals surface area contributed by atoms with Crippen molar-refractivity contribution < 1.29 is 23.8 Å². The number of carbonyl (C=O) groups excluding carboxylic acids is 2. The van der Waals surface area contributed by atoms with Crippen molar-refractivity contribution in [2.45, 2.75) is 13.3 Å². The second-order valence-electron chi connectivity index (χ2n) is 6.19. The maximum atomic E-state index is 12.6. The number of esters is 2. The summed E-state index contributed by atoms with van der Waals surface area (Å²) in [4.78, 5) is 25.1. The lowest BCUT2D eigenvalue weighted by molar-refractivity contribution is 0.0503. The Kier molecular flexibility index (Phi) is 7.00. The Bertz CT molecular complexity index is 966. The van der Waals surface area contributed by atoms with Gasteiger partial charge in [0.05, 0.1) is 13.2 Å². The molecule has 0 aliphatic rings. The Morgan fingerprint density at radius 3 is 2.00 bits per heavy atom. The van der Waals surface area contributed by atoms with Gasteiger partial charge in [-0.1, -0.05) is 54.6 Å². The van der Waals surface area contributed by atoms with Crippen molar-refractivity contribution in [3.63, 3.8) is 0 Å². The third-order valence-electron chi connectivity index (χ3n) is 4.18. The summed E-state index contributed by atoms with van der Waals surface area (Å²) >= 11 is 0. The van der Waals surface area contributed by atoms with Gasteiger partial charge in [-0.15, -0.1) is 0 Å². The molecule has 0 aliphatic heterocycles. The summed E-state index contributed by atoms with van der Waals surface area (Å²) in [6.45, 7) is 2.50. The minimum absolute atomic E-state index is 0.147. The van der Waals surface area contributed by atoms with Crippen LogP contribution < -0.4 is 9.47 Å². The molecular formula is C24H22O5. The molecule has 0 heterocycles. The van der Waals surface area contributed by atoms with Crippen LogP contribution in [-0.4, -0.2) is 25.2 Å². The van der Waals surface area contributed by atoms with Crippen LogP contribution in [0.1, 0.15) is 33.2 Å². The summed E-state index contributed by atoms with van der Waals surface area (Å²) in [5.74, 6) is -0.558. The van der Waals surface area contributed by atoms with E-state index < -0.39 is 11.9 Å². The highest BCUT2D eigenvalue weighted by Crippen LogP contribution is 2.24. The smallest absolute Gasteiger partial charge is 0.347 e. The van der Waals surface area contributed by atoms with Gasteiger partial charge in [0, 0.05) is 6.42 Å². The van der Waals surface area contributed by atoms with Gasteiger partial charge >= 0.3 is 11.9 Å². The molecule has 0 aromatic heterocycles. The van der Waals surface area contributed by atoms with Gasteiger partial charge in [0.25, 0.3) is 0 Å².